The fraction of sp³-hybridized carbons (Fsp3) is 0.278. The number of hydrogen-bond acceptors (Lipinski definition) is 3. The molecule has 0 aliphatic carbocycles. The second-order valence-electron chi connectivity index (χ2n) is 4.95. The number of para-hydroxylation sites is 2. The highest BCUT2D eigenvalue weighted by Crippen LogP contribution is 2.27. The van der Waals surface area contributed by atoms with Gasteiger partial charge in [-0.1, -0.05) is 31.2 Å². The van der Waals surface area contributed by atoms with Crippen LogP contribution in [0.2, 0.25) is 0 Å². The first-order valence-corrected chi connectivity index (χ1v) is 7.33. The van der Waals surface area contributed by atoms with Crippen LogP contribution in [0.25, 0.3) is 0 Å². The molecule has 116 valence electrons. The van der Waals surface area contributed by atoms with Gasteiger partial charge in [-0.3, -0.25) is 4.79 Å². The first-order valence-electron chi connectivity index (χ1n) is 7.33. The minimum absolute atomic E-state index is 0.199. The van der Waals surface area contributed by atoms with Crippen molar-refractivity contribution in [2.45, 2.75) is 26.4 Å². The summed E-state index contributed by atoms with van der Waals surface area (Å²) in [6.45, 7) is 3.80. The van der Waals surface area contributed by atoms with E-state index in [1.54, 1.807) is 26.2 Å². The Labute approximate surface area is 131 Å². The zero-order valence-corrected chi connectivity index (χ0v) is 13.1. The van der Waals surface area contributed by atoms with Gasteiger partial charge in [0.1, 0.15) is 0 Å². The third kappa shape index (κ3) is 4.01. The number of nitrogens with one attached hydrogen (secondary N) is 1. The summed E-state index contributed by atoms with van der Waals surface area (Å²) in [4.78, 5) is 12.2. The molecule has 1 N–H and O–H groups in total. The Morgan fingerprint density at radius 3 is 2.32 bits per heavy atom. The number of methoxy groups -OCH3 is 1. The van der Waals surface area contributed by atoms with Crippen molar-refractivity contribution >= 4 is 11.6 Å². The summed E-state index contributed by atoms with van der Waals surface area (Å²) in [6.07, 6.45) is 0.351. The van der Waals surface area contributed by atoms with E-state index in [1.165, 1.54) is 5.56 Å². The fourth-order valence-corrected chi connectivity index (χ4v) is 2.03. The lowest BCUT2D eigenvalue weighted by Gasteiger charge is -2.16. The number of carbonyl (C=O) groups is 1. The van der Waals surface area contributed by atoms with E-state index in [0.717, 1.165) is 12.1 Å². The Morgan fingerprint density at radius 1 is 1.09 bits per heavy atom. The Bertz CT molecular complexity index is 622. The van der Waals surface area contributed by atoms with E-state index in [1.807, 2.05) is 36.4 Å². The number of ether oxygens (including phenoxy) is 2. The smallest absolute Gasteiger partial charge is 0.265 e. The lowest BCUT2D eigenvalue weighted by molar-refractivity contribution is -0.122. The van der Waals surface area contributed by atoms with Gasteiger partial charge in [-0.2, -0.15) is 0 Å². The Morgan fingerprint density at radius 2 is 1.73 bits per heavy atom. The number of hydrogen-bond donors (Lipinski definition) is 1. The van der Waals surface area contributed by atoms with E-state index in [4.69, 9.17) is 9.47 Å². The van der Waals surface area contributed by atoms with Gasteiger partial charge in [-0.15, -0.1) is 0 Å². The molecule has 1 atom stereocenters. The molecule has 0 aliphatic heterocycles. The van der Waals surface area contributed by atoms with Gasteiger partial charge in [0, 0.05) is 5.69 Å². The Balaban J connectivity index is 1.99. The average molecular weight is 299 g/mol. The second-order valence-corrected chi connectivity index (χ2v) is 4.95. The Kier molecular flexibility index (Phi) is 5.42. The van der Waals surface area contributed by atoms with Crippen molar-refractivity contribution < 1.29 is 14.3 Å². The van der Waals surface area contributed by atoms with E-state index in [9.17, 15) is 4.79 Å². The van der Waals surface area contributed by atoms with Gasteiger partial charge in [0.2, 0.25) is 0 Å². The minimum atomic E-state index is -0.623. The summed E-state index contributed by atoms with van der Waals surface area (Å²) in [5.41, 5.74) is 1.99. The molecule has 2 aromatic rings. The van der Waals surface area contributed by atoms with Crippen molar-refractivity contribution in [1.29, 1.82) is 0 Å². The molecule has 0 saturated carbocycles. The van der Waals surface area contributed by atoms with Gasteiger partial charge in [0.05, 0.1) is 7.11 Å². The van der Waals surface area contributed by atoms with Gasteiger partial charge in [0.25, 0.3) is 5.91 Å². The summed E-state index contributed by atoms with van der Waals surface area (Å²) in [5.74, 6) is 0.957. The molecule has 0 bridgehead atoms. The minimum Gasteiger partial charge on any atom is -0.493 e. The van der Waals surface area contributed by atoms with Gasteiger partial charge >= 0.3 is 0 Å². The van der Waals surface area contributed by atoms with Crippen LogP contribution in [0.1, 0.15) is 19.4 Å². The Hall–Kier alpha value is -2.49. The fourth-order valence-electron chi connectivity index (χ4n) is 2.03. The average Bonchev–Trinajstić information content (AvgIpc) is 2.56. The van der Waals surface area contributed by atoms with Crippen LogP contribution >= 0.6 is 0 Å². The molecule has 2 rings (SSSR count). The van der Waals surface area contributed by atoms with E-state index in [0.29, 0.717) is 11.5 Å². The van der Waals surface area contributed by atoms with Crippen LogP contribution in [0.3, 0.4) is 0 Å². The first kappa shape index (κ1) is 15.9. The van der Waals surface area contributed by atoms with E-state index < -0.39 is 6.10 Å². The van der Waals surface area contributed by atoms with Crippen LogP contribution in [0, 0.1) is 0 Å². The molecule has 22 heavy (non-hydrogen) atoms. The van der Waals surface area contributed by atoms with E-state index in [2.05, 4.69) is 12.2 Å². The van der Waals surface area contributed by atoms with Gasteiger partial charge in [-0.05, 0) is 43.2 Å². The van der Waals surface area contributed by atoms with Gasteiger partial charge in [0.15, 0.2) is 17.6 Å². The largest absolute Gasteiger partial charge is 0.493 e. The maximum Gasteiger partial charge on any atom is 0.265 e. The molecule has 0 spiro atoms. The maximum atomic E-state index is 12.2. The molecule has 0 unspecified atom stereocenters. The van der Waals surface area contributed by atoms with E-state index >= 15 is 0 Å². The number of benzene rings is 2. The zero-order valence-electron chi connectivity index (χ0n) is 13.1. The van der Waals surface area contributed by atoms with Gasteiger partial charge in [-0.25, -0.2) is 0 Å². The highest BCUT2D eigenvalue weighted by molar-refractivity contribution is 5.94. The standard InChI is InChI=1S/C18H21NO3/c1-4-14-9-11-15(12-10-14)19-18(20)13(2)22-17-8-6-5-7-16(17)21-3/h5-13H,4H2,1-3H3,(H,19,20)/t13-/m1/s1. The number of aryl methyl sites for hydroxylation is 1. The van der Waals surface area contributed by atoms with Crippen LogP contribution in [0.5, 0.6) is 11.5 Å². The third-order valence-electron chi connectivity index (χ3n) is 3.37. The maximum absolute atomic E-state index is 12.2. The molecule has 4 heteroatoms. The number of anilines is 1. The summed E-state index contributed by atoms with van der Waals surface area (Å²) < 4.78 is 10.9. The topological polar surface area (TPSA) is 47.6 Å². The molecule has 4 nitrogen and oxygen atoms in total. The summed E-state index contributed by atoms with van der Waals surface area (Å²) in [7, 11) is 1.57. The molecule has 0 saturated heterocycles. The van der Waals surface area contributed by atoms with Crippen LogP contribution in [-0.2, 0) is 11.2 Å². The molecular formula is C18H21NO3. The predicted molar refractivity (Wildman–Crippen MR) is 87.5 cm³/mol. The SMILES string of the molecule is CCc1ccc(NC(=O)[C@@H](C)Oc2ccccc2OC)cc1. The lowest BCUT2D eigenvalue weighted by atomic mass is 10.1. The second kappa shape index (κ2) is 7.50. The zero-order chi connectivity index (χ0) is 15.9. The highest BCUT2D eigenvalue weighted by atomic mass is 16.5. The monoisotopic (exact) mass is 299 g/mol. The summed E-state index contributed by atoms with van der Waals surface area (Å²) in [6, 6.07) is 15.1. The van der Waals surface area contributed by atoms with Crippen LogP contribution < -0.4 is 14.8 Å². The van der Waals surface area contributed by atoms with Crippen molar-refractivity contribution in [3.63, 3.8) is 0 Å². The van der Waals surface area contributed by atoms with Crippen LogP contribution in [0.15, 0.2) is 48.5 Å². The van der Waals surface area contributed by atoms with Crippen molar-refractivity contribution in [3.05, 3.63) is 54.1 Å². The van der Waals surface area contributed by atoms with Crippen molar-refractivity contribution in [2.75, 3.05) is 12.4 Å². The van der Waals surface area contributed by atoms with Crippen LogP contribution in [-0.4, -0.2) is 19.1 Å². The molecule has 0 aromatic heterocycles. The van der Waals surface area contributed by atoms with Gasteiger partial charge < -0.3 is 14.8 Å². The van der Waals surface area contributed by atoms with Crippen LogP contribution in [0.4, 0.5) is 5.69 Å². The first-order chi connectivity index (χ1) is 10.6. The molecule has 1 amide bonds. The van der Waals surface area contributed by atoms with Crippen molar-refractivity contribution in [3.8, 4) is 11.5 Å². The molecule has 0 radical (unpaired) electrons. The molecule has 0 aliphatic rings. The molecule has 0 heterocycles. The van der Waals surface area contributed by atoms with Crippen molar-refractivity contribution in [2.24, 2.45) is 0 Å². The summed E-state index contributed by atoms with van der Waals surface area (Å²) >= 11 is 0. The quantitative estimate of drug-likeness (QED) is 0.885. The predicted octanol–water partition coefficient (Wildman–Crippen LogP) is 3.66. The number of rotatable bonds is 6. The lowest BCUT2D eigenvalue weighted by Crippen LogP contribution is -2.30. The van der Waals surface area contributed by atoms with Crippen molar-refractivity contribution in [1.82, 2.24) is 0 Å². The molecular weight excluding hydrogens is 278 g/mol. The molecule has 2 aromatic carbocycles. The molecule has 0 fully saturated rings. The number of carbonyl (C=O) groups excluding carboxylic acids is 1. The number of amides is 1. The summed E-state index contributed by atoms with van der Waals surface area (Å²) in [5, 5.41) is 2.85. The third-order valence-corrected chi connectivity index (χ3v) is 3.37. The normalized spacial score (nSPS) is 11.6. The highest BCUT2D eigenvalue weighted by Gasteiger charge is 2.16. The van der Waals surface area contributed by atoms with E-state index in [-0.39, 0.29) is 5.91 Å².